The minimum Gasteiger partial charge on any atom is -0.353 e. The Bertz CT molecular complexity index is 636. The fourth-order valence-corrected chi connectivity index (χ4v) is 3.39. The Morgan fingerprint density at radius 3 is 2.78 bits per heavy atom. The van der Waals surface area contributed by atoms with E-state index in [2.05, 4.69) is 41.4 Å². The molecule has 0 spiro atoms. The van der Waals surface area contributed by atoms with Crippen molar-refractivity contribution in [2.45, 2.75) is 25.8 Å². The SMILES string of the molecule is Cc1ccccc1[C@@H]1CCN(CCNC(=O)Cn2cccc2)C1. The number of hydrogen-bond donors (Lipinski definition) is 1. The second-order valence-corrected chi connectivity index (χ2v) is 6.35. The summed E-state index contributed by atoms with van der Waals surface area (Å²) in [4.78, 5) is 14.3. The Morgan fingerprint density at radius 1 is 1.22 bits per heavy atom. The number of carbonyl (C=O) groups is 1. The maximum Gasteiger partial charge on any atom is 0.239 e. The maximum absolute atomic E-state index is 11.9. The Kier molecular flexibility index (Phi) is 5.13. The molecule has 1 saturated heterocycles. The van der Waals surface area contributed by atoms with Gasteiger partial charge in [-0.25, -0.2) is 0 Å². The lowest BCUT2D eigenvalue weighted by atomic mass is 9.94. The monoisotopic (exact) mass is 311 g/mol. The molecule has 4 nitrogen and oxygen atoms in total. The van der Waals surface area contributed by atoms with E-state index in [1.54, 1.807) is 0 Å². The van der Waals surface area contributed by atoms with E-state index in [0.717, 1.165) is 26.2 Å². The fraction of sp³-hybridized carbons (Fsp3) is 0.421. The smallest absolute Gasteiger partial charge is 0.239 e. The van der Waals surface area contributed by atoms with Gasteiger partial charge in [-0.1, -0.05) is 24.3 Å². The van der Waals surface area contributed by atoms with Crippen molar-refractivity contribution in [3.8, 4) is 0 Å². The van der Waals surface area contributed by atoms with Crippen molar-refractivity contribution < 1.29 is 4.79 Å². The molecule has 1 atom stereocenters. The van der Waals surface area contributed by atoms with Crippen molar-refractivity contribution in [2.75, 3.05) is 26.2 Å². The summed E-state index contributed by atoms with van der Waals surface area (Å²) in [6.45, 7) is 6.46. The van der Waals surface area contributed by atoms with Crippen LogP contribution in [0.5, 0.6) is 0 Å². The molecule has 122 valence electrons. The van der Waals surface area contributed by atoms with Gasteiger partial charge in [-0.2, -0.15) is 0 Å². The second-order valence-electron chi connectivity index (χ2n) is 6.35. The molecule has 1 aromatic heterocycles. The molecule has 2 aromatic rings. The number of benzene rings is 1. The molecular formula is C19H25N3O. The quantitative estimate of drug-likeness (QED) is 0.889. The lowest BCUT2D eigenvalue weighted by Gasteiger charge is -2.17. The first-order valence-electron chi connectivity index (χ1n) is 8.38. The minimum absolute atomic E-state index is 0.0795. The third-order valence-electron chi connectivity index (χ3n) is 4.64. The number of likely N-dealkylation sites (tertiary alicyclic amines) is 1. The molecule has 0 aliphatic carbocycles. The highest BCUT2D eigenvalue weighted by molar-refractivity contribution is 5.75. The summed E-state index contributed by atoms with van der Waals surface area (Å²) < 4.78 is 1.89. The summed E-state index contributed by atoms with van der Waals surface area (Å²) in [6, 6.07) is 12.5. The average molecular weight is 311 g/mol. The van der Waals surface area contributed by atoms with Gasteiger partial charge in [0.25, 0.3) is 0 Å². The summed E-state index contributed by atoms with van der Waals surface area (Å²) in [5.41, 5.74) is 2.87. The van der Waals surface area contributed by atoms with Crippen LogP contribution in [-0.4, -0.2) is 41.6 Å². The van der Waals surface area contributed by atoms with Gasteiger partial charge in [0.2, 0.25) is 5.91 Å². The number of aromatic nitrogens is 1. The molecule has 0 radical (unpaired) electrons. The van der Waals surface area contributed by atoms with Crippen molar-refractivity contribution in [3.05, 3.63) is 59.9 Å². The molecule has 0 saturated carbocycles. The van der Waals surface area contributed by atoms with Crippen molar-refractivity contribution >= 4 is 5.91 Å². The van der Waals surface area contributed by atoms with Gasteiger partial charge in [0, 0.05) is 32.0 Å². The van der Waals surface area contributed by atoms with Crippen LogP contribution >= 0.6 is 0 Å². The van der Waals surface area contributed by atoms with Crippen LogP contribution in [0.15, 0.2) is 48.8 Å². The fourth-order valence-electron chi connectivity index (χ4n) is 3.39. The summed E-state index contributed by atoms with van der Waals surface area (Å²) >= 11 is 0. The second kappa shape index (κ2) is 7.47. The maximum atomic E-state index is 11.9. The van der Waals surface area contributed by atoms with Crippen molar-refractivity contribution in [2.24, 2.45) is 0 Å². The number of nitrogens with one attached hydrogen (secondary N) is 1. The lowest BCUT2D eigenvalue weighted by Crippen LogP contribution is -2.35. The highest BCUT2D eigenvalue weighted by Crippen LogP contribution is 2.28. The van der Waals surface area contributed by atoms with E-state index >= 15 is 0 Å². The highest BCUT2D eigenvalue weighted by atomic mass is 16.1. The van der Waals surface area contributed by atoms with E-state index in [1.807, 2.05) is 29.1 Å². The van der Waals surface area contributed by atoms with Gasteiger partial charge in [-0.3, -0.25) is 4.79 Å². The van der Waals surface area contributed by atoms with Gasteiger partial charge in [0.1, 0.15) is 6.54 Å². The molecule has 1 amide bonds. The van der Waals surface area contributed by atoms with E-state index in [-0.39, 0.29) is 5.91 Å². The van der Waals surface area contributed by atoms with Crippen LogP contribution in [0.25, 0.3) is 0 Å². The number of aryl methyl sites for hydroxylation is 1. The molecular weight excluding hydrogens is 286 g/mol. The molecule has 1 aromatic carbocycles. The number of nitrogens with zero attached hydrogens (tertiary/aromatic N) is 2. The van der Waals surface area contributed by atoms with E-state index in [0.29, 0.717) is 12.5 Å². The molecule has 1 aliphatic rings. The molecule has 4 heteroatoms. The van der Waals surface area contributed by atoms with Crippen LogP contribution in [0.2, 0.25) is 0 Å². The molecule has 0 bridgehead atoms. The van der Waals surface area contributed by atoms with Crippen molar-refractivity contribution in [1.29, 1.82) is 0 Å². The zero-order chi connectivity index (χ0) is 16.1. The van der Waals surface area contributed by atoms with E-state index in [9.17, 15) is 4.79 Å². The predicted octanol–water partition coefficient (Wildman–Crippen LogP) is 2.40. The lowest BCUT2D eigenvalue weighted by molar-refractivity contribution is -0.121. The summed E-state index contributed by atoms with van der Waals surface area (Å²) in [7, 11) is 0. The Labute approximate surface area is 138 Å². The molecule has 1 N–H and O–H groups in total. The first-order chi connectivity index (χ1) is 11.2. The Morgan fingerprint density at radius 2 is 2.00 bits per heavy atom. The summed E-state index contributed by atoms with van der Waals surface area (Å²) in [5.74, 6) is 0.711. The number of hydrogen-bond acceptors (Lipinski definition) is 2. The van der Waals surface area contributed by atoms with Crippen molar-refractivity contribution in [1.82, 2.24) is 14.8 Å². The van der Waals surface area contributed by atoms with E-state index in [1.165, 1.54) is 17.5 Å². The predicted molar refractivity (Wildman–Crippen MR) is 92.4 cm³/mol. The van der Waals surface area contributed by atoms with Gasteiger partial charge >= 0.3 is 0 Å². The number of carbonyl (C=O) groups excluding carboxylic acids is 1. The molecule has 23 heavy (non-hydrogen) atoms. The van der Waals surface area contributed by atoms with Crippen LogP contribution in [0, 0.1) is 6.92 Å². The van der Waals surface area contributed by atoms with E-state index < -0.39 is 0 Å². The van der Waals surface area contributed by atoms with Crippen LogP contribution in [0.1, 0.15) is 23.5 Å². The summed E-state index contributed by atoms with van der Waals surface area (Å²) in [5, 5.41) is 3.01. The molecule has 0 unspecified atom stereocenters. The van der Waals surface area contributed by atoms with Crippen molar-refractivity contribution in [3.63, 3.8) is 0 Å². The zero-order valence-corrected chi connectivity index (χ0v) is 13.7. The zero-order valence-electron chi connectivity index (χ0n) is 13.7. The molecule has 1 fully saturated rings. The molecule has 2 heterocycles. The van der Waals surface area contributed by atoms with E-state index in [4.69, 9.17) is 0 Å². The largest absolute Gasteiger partial charge is 0.353 e. The summed E-state index contributed by atoms with van der Waals surface area (Å²) in [6.07, 6.45) is 5.03. The van der Waals surface area contributed by atoms with Crippen LogP contribution in [0.4, 0.5) is 0 Å². The van der Waals surface area contributed by atoms with Gasteiger partial charge in [0.05, 0.1) is 0 Å². The molecule has 3 rings (SSSR count). The minimum atomic E-state index is 0.0795. The van der Waals surface area contributed by atoms with Gasteiger partial charge in [-0.05, 0) is 49.1 Å². The average Bonchev–Trinajstić information content (AvgIpc) is 3.20. The Balaban J connectivity index is 1.40. The normalized spacial score (nSPS) is 18.2. The first-order valence-corrected chi connectivity index (χ1v) is 8.38. The van der Waals surface area contributed by atoms with Gasteiger partial charge < -0.3 is 14.8 Å². The van der Waals surface area contributed by atoms with Crippen LogP contribution in [0.3, 0.4) is 0 Å². The van der Waals surface area contributed by atoms with Gasteiger partial charge in [0.15, 0.2) is 0 Å². The first kappa shape index (κ1) is 15.8. The number of rotatable bonds is 6. The molecule has 1 aliphatic heterocycles. The number of amides is 1. The standard InChI is InChI=1S/C19H25N3O/c1-16-6-2-3-7-18(16)17-8-12-22(14-17)13-9-20-19(23)15-21-10-4-5-11-21/h2-7,10-11,17H,8-9,12-15H2,1H3,(H,20,23)/t17-/m1/s1. The third-order valence-corrected chi connectivity index (χ3v) is 4.64. The topological polar surface area (TPSA) is 37.3 Å². The Hall–Kier alpha value is -2.07. The van der Waals surface area contributed by atoms with Crippen LogP contribution < -0.4 is 5.32 Å². The van der Waals surface area contributed by atoms with Gasteiger partial charge in [-0.15, -0.1) is 0 Å². The third kappa shape index (κ3) is 4.23. The van der Waals surface area contributed by atoms with Crippen LogP contribution in [-0.2, 0) is 11.3 Å². The highest BCUT2D eigenvalue weighted by Gasteiger charge is 2.24.